The highest BCUT2D eigenvalue weighted by Crippen LogP contribution is 2.36. The number of hydrogen-bond acceptors (Lipinski definition) is 8. The normalized spacial score (nSPS) is 42.9. The minimum atomic E-state index is -3.98. The first-order chi connectivity index (χ1) is 6.66. The lowest BCUT2D eigenvalue weighted by molar-refractivity contribution is -0.188. The van der Waals surface area contributed by atoms with E-state index in [0.29, 0.717) is 18.0 Å². The van der Waals surface area contributed by atoms with E-state index >= 15 is 0 Å². The molecule has 0 aliphatic carbocycles. The van der Waals surface area contributed by atoms with E-state index in [9.17, 15) is 23.7 Å². The van der Waals surface area contributed by atoms with Crippen molar-refractivity contribution >= 4 is 21.9 Å². The highest BCUT2D eigenvalue weighted by atomic mass is 32.2. The molecule has 9 heteroatoms. The van der Waals surface area contributed by atoms with Gasteiger partial charge in [-0.15, -0.1) is 0 Å². The van der Waals surface area contributed by atoms with Crippen molar-refractivity contribution in [2.75, 3.05) is 12.0 Å². The second-order valence-corrected chi connectivity index (χ2v) is 6.01. The van der Waals surface area contributed by atoms with Gasteiger partial charge in [-0.25, -0.2) is 4.18 Å². The standard InChI is InChI=1S/C6H12O7S2/c1-15(11,12)13-6(10)5(9)4(8)3(7)2-14-6/h3-5,7-10H,2H2,1H3/t3-,4+,5-,6-/m1/s1. The van der Waals surface area contributed by atoms with Crippen molar-refractivity contribution in [3.8, 4) is 0 Å². The van der Waals surface area contributed by atoms with Gasteiger partial charge in [-0.1, -0.05) is 11.8 Å². The molecule has 4 N–H and O–H groups in total. The van der Waals surface area contributed by atoms with E-state index in [4.69, 9.17) is 5.11 Å². The van der Waals surface area contributed by atoms with Gasteiger partial charge in [0, 0.05) is 5.75 Å². The molecule has 0 bridgehead atoms. The van der Waals surface area contributed by atoms with Crippen molar-refractivity contribution in [1.82, 2.24) is 0 Å². The van der Waals surface area contributed by atoms with Gasteiger partial charge in [-0.2, -0.15) is 8.42 Å². The Bertz CT molecular complexity index is 328. The molecular formula is C6H12O7S2. The van der Waals surface area contributed by atoms with Crippen LogP contribution < -0.4 is 0 Å². The molecule has 0 aromatic rings. The van der Waals surface area contributed by atoms with Crippen molar-refractivity contribution in [2.45, 2.75) is 23.4 Å². The number of thioether (sulfide) groups is 1. The van der Waals surface area contributed by atoms with Crippen LogP contribution in [0.25, 0.3) is 0 Å². The van der Waals surface area contributed by atoms with Gasteiger partial charge >= 0.3 is 0 Å². The van der Waals surface area contributed by atoms with E-state index in [0.717, 1.165) is 0 Å². The van der Waals surface area contributed by atoms with Crippen LogP contribution in [0.2, 0.25) is 0 Å². The van der Waals surface area contributed by atoms with E-state index < -0.39 is 33.5 Å². The summed E-state index contributed by atoms with van der Waals surface area (Å²) in [5, 5.41) is 34.9. The van der Waals surface area contributed by atoms with Gasteiger partial charge < -0.3 is 20.4 Å². The topological polar surface area (TPSA) is 124 Å². The van der Waals surface area contributed by atoms with Crippen molar-refractivity contribution in [3.63, 3.8) is 0 Å². The van der Waals surface area contributed by atoms with Crippen LogP contribution >= 0.6 is 11.8 Å². The highest BCUT2D eigenvalue weighted by molar-refractivity contribution is 8.01. The highest BCUT2D eigenvalue weighted by Gasteiger charge is 2.51. The van der Waals surface area contributed by atoms with E-state index in [-0.39, 0.29) is 5.75 Å². The fourth-order valence-electron chi connectivity index (χ4n) is 1.11. The molecule has 0 saturated carbocycles. The van der Waals surface area contributed by atoms with E-state index in [2.05, 4.69) is 4.18 Å². The molecule has 90 valence electrons. The molecule has 1 fully saturated rings. The minimum Gasteiger partial charge on any atom is -0.389 e. The Morgan fingerprint density at radius 3 is 2.40 bits per heavy atom. The van der Waals surface area contributed by atoms with Crippen LogP contribution in [0.4, 0.5) is 0 Å². The second kappa shape index (κ2) is 4.17. The Hall–Kier alpha value is 0.1000. The molecule has 1 aliphatic heterocycles. The number of aliphatic hydroxyl groups is 4. The summed E-state index contributed by atoms with van der Waals surface area (Å²) >= 11 is 0.507. The van der Waals surface area contributed by atoms with Gasteiger partial charge in [0.2, 0.25) is 0 Å². The smallest absolute Gasteiger partial charge is 0.267 e. The summed E-state index contributed by atoms with van der Waals surface area (Å²) in [6.07, 6.45) is -4.09. The van der Waals surface area contributed by atoms with Crippen LogP contribution in [0.3, 0.4) is 0 Å². The van der Waals surface area contributed by atoms with Crippen molar-refractivity contribution in [3.05, 3.63) is 0 Å². The quantitative estimate of drug-likeness (QED) is 0.316. The van der Waals surface area contributed by atoms with Gasteiger partial charge in [0.15, 0.2) is 0 Å². The Kier molecular flexibility index (Phi) is 3.66. The van der Waals surface area contributed by atoms with Crippen LogP contribution in [0.1, 0.15) is 0 Å². The third-order valence-electron chi connectivity index (χ3n) is 1.82. The molecule has 1 heterocycles. The SMILES string of the molecule is CS(=O)(=O)O[C@@]1(O)SC[C@@H](O)[C@H](O)[C@H]1O. The van der Waals surface area contributed by atoms with Gasteiger partial charge in [0.25, 0.3) is 15.2 Å². The molecule has 4 atom stereocenters. The summed E-state index contributed by atoms with van der Waals surface area (Å²) in [5.74, 6) is -0.149. The molecule has 0 spiro atoms. The number of rotatable bonds is 2. The van der Waals surface area contributed by atoms with Crippen LogP contribution in [0.5, 0.6) is 0 Å². The zero-order chi connectivity index (χ0) is 11.9. The first kappa shape index (κ1) is 13.2. The molecular weight excluding hydrogens is 248 g/mol. The number of aliphatic hydroxyl groups excluding tert-OH is 3. The van der Waals surface area contributed by atoms with Crippen molar-refractivity contribution in [2.24, 2.45) is 0 Å². The van der Waals surface area contributed by atoms with Crippen molar-refractivity contribution in [1.29, 1.82) is 0 Å². The summed E-state index contributed by atoms with van der Waals surface area (Å²) in [6.45, 7) is 0. The molecule has 0 aromatic carbocycles. The second-order valence-electron chi connectivity index (χ2n) is 3.23. The molecule has 0 aromatic heterocycles. The monoisotopic (exact) mass is 260 g/mol. The van der Waals surface area contributed by atoms with E-state index in [1.165, 1.54) is 0 Å². The average Bonchev–Trinajstić information content (AvgIpc) is 2.06. The largest absolute Gasteiger partial charge is 0.389 e. The summed E-state index contributed by atoms with van der Waals surface area (Å²) in [6, 6.07) is 0. The number of hydrogen-bond donors (Lipinski definition) is 4. The molecule has 1 rings (SSSR count). The molecule has 1 saturated heterocycles. The molecule has 0 unspecified atom stereocenters. The Morgan fingerprint density at radius 1 is 1.40 bits per heavy atom. The third kappa shape index (κ3) is 3.03. The lowest BCUT2D eigenvalue weighted by atomic mass is 10.1. The fraction of sp³-hybridized carbons (Fsp3) is 1.00. The molecule has 0 amide bonds. The van der Waals surface area contributed by atoms with Crippen LogP contribution in [0, 0.1) is 0 Å². The lowest BCUT2D eigenvalue weighted by Crippen LogP contribution is -2.58. The van der Waals surface area contributed by atoms with Crippen molar-refractivity contribution < 1.29 is 33.0 Å². The van der Waals surface area contributed by atoms with Gasteiger partial charge in [0.1, 0.15) is 12.2 Å². The molecule has 1 aliphatic rings. The maximum absolute atomic E-state index is 10.8. The van der Waals surface area contributed by atoms with Gasteiger partial charge in [-0.3, -0.25) is 0 Å². The minimum absolute atomic E-state index is 0.149. The maximum Gasteiger partial charge on any atom is 0.267 e. The van der Waals surface area contributed by atoms with Gasteiger partial charge in [-0.05, 0) is 0 Å². The van der Waals surface area contributed by atoms with Crippen LogP contribution in [-0.2, 0) is 14.3 Å². The van der Waals surface area contributed by atoms with Crippen LogP contribution in [0.15, 0.2) is 0 Å². The van der Waals surface area contributed by atoms with Crippen LogP contribution in [-0.4, -0.2) is 64.3 Å². The Labute approximate surface area is 90.8 Å². The Balaban J connectivity index is 2.85. The zero-order valence-electron chi connectivity index (χ0n) is 7.77. The summed E-state index contributed by atoms with van der Waals surface area (Å²) in [4.78, 5) is 0. The van der Waals surface area contributed by atoms with Gasteiger partial charge in [0.05, 0.1) is 12.4 Å². The average molecular weight is 260 g/mol. The maximum atomic E-state index is 10.8. The summed E-state index contributed by atoms with van der Waals surface area (Å²) < 4.78 is 25.8. The molecule has 15 heavy (non-hydrogen) atoms. The zero-order valence-corrected chi connectivity index (χ0v) is 9.40. The first-order valence-electron chi connectivity index (χ1n) is 3.97. The summed E-state index contributed by atoms with van der Waals surface area (Å²) in [5.41, 5.74) is 0. The Morgan fingerprint density at radius 2 is 1.93 bits per heavy atom. The predicted octanol–water partition coefficient (Wildman–Crippen LogP) is -2.56. The first-order valence-corrected chi connectivity index (χ1v) is 6.77. The summed E-state index contributed by atoms with van der Waals surface area (Å²) in [7, 11) is -3.98. The molecule has 0 radical (unpaired) electrons. The molecule has 7 nitrogen and oxygen atoms in total. The van der Waals surface area contributed by atoms with E-state index in [1.54, 1.807) is 0 Å². The van der Waals surface area contributed by atoms with E-state index in [1.807, 2.05) is 0 Å². The fourth-order valence-corrected chi connectivity index (χ4v) is 3.12. The lowest BCUT2D eigenvalue weighted by Gasteiger charge is -2.39. The third-order valence-corrected chi connectivity index (χ3v) is 3.73. The predicted molar refractivity (Wildman–Crippen MR) is 51.4 cm³/mol.